The Balaban J connectivity index is 1.76. The third-order valence-electron chi connectivity index (χ3n) is 4.29. The van der Waals surface area contributed by atoms with Crippen LogP contribution in [0, 0.1) is 6.92 Å². The van der Waals surface area contributed by atoms with Crippen molar-refractivity contribution in [1.82, 2.24) is 0 Å². The maximum atomic E-state index is 10.8. The second-order valence-corrected chi connectivity index (χ2v) is 6.10. The number of ether oxygens (including phenoxy) is 1. The molecule has 0 heterocycles. The highest BCUT2D eigenvalue weighted by atomic mass is 16.5. The molecule has 0 aliphatic rings. The number of benzene rings is 3. The molecule has 0 aliphatic carbocycles. The van der Waals surface area contributed by atoms with Gasteiger partial charge in [-0.15, -0.1) is 0 Å². The molecule has 25 heavy (non-hydrogen) atoms. The summed E-state index contributed by atoms with van der Waals surface area (Å²) in [4.78, 5) is 0. The molecule has 2 N–H and O–H groups in total. The van der Waals surface area contributed by atoms with E-state index >= 15 is 0 Å². The first-order valence-electron chi connectivity index (χ1n) is 8.38. The van der Waals surface area contributed by atoms with E-state index in [2.05, 4.69) is 5.32 Å². The second kappa shape index (κ2) is 7.86. The van der Waals surface area contributed by atoms with E-state index in [-0.39, 0.29) is 0 Å². The van der Waals surface area contributed by atoms with Gasteiger partial charge in [0.25, 0.3) is 0 Å². The van der Waals surface area contributed by atoms with Crippen molar-refractivity contribution in [1.29, 1.82) is 0 Å². The van der Waals surface area contributed by atoms with Crippen molar-refractivity contribution >= 4 is 5.69 Å². The average molecular weight is 333 g/mol. The summed E-state index contributed by atoms with van der Waals surface area (Å²) in [6, 6.07) is 23.8. The van der Waals surface area contributed by atoms with Crippen molar-refractivity contribution in [3.63, 3.8) is 0 Å². The standard InChI is InChI=1S/C22H23NO2/c1-16-7-11-18(12-8-16)22(24)20-5-3-4-6-21(20)23-15-17-9-13-19(25-2)14-10-17/h3-14,22-24H,15H2,1-2H3. The van der Waals surface area contributed by atoms with E-state index in [1.807, 2.05) is 79.7 Å². The van der Waals surface area contributed by atoms with Crippen molar-refractivity contribution < 1.29 is 9.84 Å². The zero-order valence-electron chi connectivity index (χ0n) is 14.6. The normalized spacial score (nSPS) is 11.8. The number of methoxy groups -OCH3 is 1. The van der Waals surface area contributed by atoms with E-state index in [9.17, 15) is 5.11 Å². The Morgan fingerprint density at radius 3 is 2.28 bits per heavy atom. The molecule has 3 heteroatoms. The summed E-state index contributed by atoms with van der Waals surface area (Å²) in [7, 11) is 1.66. The number of hydrogen-bond donors (Lipinski definition) is 2. The van der Waals surface area contributed by atoms with Crippen LogP contribution in [0.2, 0.25) is 0 Å². The van der Waals surface area contributed by atoms with Gasteiger partial charge in [-0.3, -0.25) is 0 Å². The predicted octanol–water partition coefficient (Wildman–Crippen LogP) is 4.70. The Morgan fingerprint density at radius 1 is 0.920 bits per heavy atom. The van der Waals surface area contributed by atoms with Crippen LogP contribution in [0.1, 0.15) is 28.4 Å². The Bertz CT molecular complexity index is 810. The first-order valence-corrected chi connectivity index (χ1v) is 8.38. The smallest absolute Gasteiger partial charge is 0.118 e. The van der Waals surface area contributed by atoms with Crippen molar-refractivity contribution in [2.75, 3.05) is 12.4 Å². The van der Waals surface area contributed by atoms with Gasteiger partial charge in [0.2, 0.25) is 0 Å². The number of anilines is 1. The van der Waals surface area contributed by atoms with Crippen LogP contribution in [-0.4, -0.2) is 12.2 Å². The molecule has 0 aromatic heterocycles. The Hall–Kier alpha value is -2.78. The van der Waals surface area contributed by atoms with E-state index in [0.717, 1.165) is 28.1 Å². The first-order chi connectivity index (χ1) is 12.2. The summed E-state index contributed by atoms with van der Waals surface area (Å²) < 4.78 is 5.19. The topological polar surface area (TPSA) is 41.5 Å². The number of aliphatic hydroxyl groups excluding tert-OH is 1. The second-order valence-electron chi connectivity index (χ2n) is 6.10. The zero-order chi connectivity index (χ0) is 17.6. The maximum Gasteiger partial charge on any atom is 0.118 e. The van der Waals surface area contributed by atoms with Crippen LogP contribution in [0.3, 0.4) is 0 Å². The molecule has 128 valence electrons. The molecule has 3 rings (SSSR count). The molecule has 3 aromatic carbocycles. The molecule has 0 radical (unpaired) electrons. The van der Waals surface area contributed by atoms with Crippen LogP contribution in [0.15, 0.2) is 72.8 Å². The number of aryl methyl sites for hydroxylation is 1. The molecule has 0 saturated heterocycles. The van der Waals surface area contributed by atoms with Gasteiger partial charge in [0.05, 0.1) is 7.11 Å². The molecule has 1 atom stereocenters. The monoisotopic (exact) mass is 333 g/mol. The Morgan fingerprint density at radius 2 is 1.60 bits per heavy atom. The van der Waals surface area contributed by atoms with E-state index in [1.54, 1.807) is 7.11 Å². The fourth-order valence-corrected chi connectivity index (χ4v) is 2.77. The lowest BCUT2D eigenvalue weighted by Crippen LogP contribution is -2.07. The molecule has 3 nitrogen and oxygen atoms in total. The minimum Gasteiger partial charge on any atom is -0.497 e. The lowest BCUT2D eigenvalue weighted by atomic mass is 9.99. The summed E-state index contributed by atoms with van der Waals surface area (Å²) in [6.45, 7) is 2.72. The summed E-state index contributed by atoms with van der Waals surface area (Å²) in [5.74, 6) is 0.846. The average Bonchev–Trinajstić information content (AvgIpc) is 2.67. The lowest BCUT2D eigenvalue weighted by molar-refractivity contribution is 0.221. The molecule has 0 amide bonds. The van der Waals surface area contributed by atoms with Gasteiger partial charge in [-0.1, -0.05) is 60.2 Å². The molecule has 1 unspecified atom stereocenters. The maximum absolute atomic E-state index is 10.8. The van der Waals surface area contributed by atoms with Crippen LogP contribution in [-0.2, 0) is 6.54 Å². The fourth-order valence-electron chi connectivity index (χ4n) is 2.77. The Labute approximate surface area is 148 Å². The summed E-state index contributed by atoms with van der Waals surface area (Å²) in [6.07, 6.45) is -0.653. The van der Waals surface area contributed by atoms with Crippen molar-refractivity contribution in [3.8, 4) is 5.75 Å². The van der Waals surface area contributed by atoms with E-state index in [1.165, 1.54) is 5.56 Å². The van der Waals surface area contributed by atoms with Crippen LogP contribution in [0.5, 0.6) is 5.75 Å². The third kappa shape index (κ3) is 4.20. The number of aliphatic hydroxyl groups is 1. The van der Waals surface area contributed by atoms with Crippen molar-refractivity contribution in [2.24, 2.45) is 0 Å². The van der Waals surface area contributed by atoms with E-state index in [4.69, 9.17) is 4.74 Å². The largest absolute Gasteiger partial charge is 0.497 e. The first kappa shape index (κ1) is 17.1. The van der Waals surface area contributed by atoms with Crippen LogP contribution in [0.25, 0.3) is 0 Å². The molecule has 0 aliphatic heterocycles. The van der Waals surface area contributed by atoms with Gasteiger partial charge >= 0.3 is 0 Å². The molecule has 0 spiro atoms. The molecule has 0 bridgehead atoms. The number of nitrogens with one attached hydrogen (secondary N) is 1. The van der Waals surface area contributed by atoms with Gasteiger partial charge in [-0.05, 0) is 36.2 Å². The van der Waals surface area contributed by atoms with Crippen LogP contribution in [0.4, 0.5) is 5.69 Å². The van der Waals surface area contributed by atoms with Crippen LogP contribution >= 0.6 is 0 Å². The van der Waals surface area contributed by atoms with Crippen molar-refractivity contribution in [2.45, 2.75) is 19.6 Å². The number of para-hydroxylation sites is 1. The Kier molecular flexibility index (Phi) is 5.36. The summed E-state index contributed by atoms with van der Waals surface area (Å²) in [5, 5.41) is 14.2. The highest BCUT2D eigenvalue weighted by molar-refractivity contribution is 5.54. The highest BCUT2D eigenvalue weighted by Gasteiger charge is 2.14. The van der Waals surface area contributed by atoms with Crippen LogP contribution < -0.4 is 10.1 Å². The zero-order valence-corrected chi connectivity index (χ0v) is 14.6. The molecule has 3 aromatic rings. The number of hydrogen-bond acceptors (Lipinski definition) is 3. The summed E-state index contributed by atoms with van der Waals surface area (Å²) >= 11 is 0. The van der Waals surface area contributed by atoms with Gasteiger partial charge < -0.3 is 15.2 Å². The van der Waals surface area contributed by atoms with Gasteiger partial charge in [-0.2, -0.15) is 0 Å². The van der Waals surface area contributed by atoms with Crippen molar-refractivity contribution in [3.05, 3.63) is 95.1 Å². The molecule has 0 fully saturated rings. The lowest BCUT2D eigenvalue weighted by Gasteiger charge is -2.17. The van der Waals surface area contributed by atoms with Gasteiger partial charge in [0, 0.05) is 17.8 Å². The molecular weight excluding hydrogens is 310 g/mol. The fraction of sp³-hybridized carbons (Fsp3) is 0.182. The number of rotatable bonds is 6. The SMILES string of the molecule is COc1ccc(CNc2ccccc2C(O)c2ccc(C)cc2)cc1. The van der Waals surface area contributed by atoms with Gasteiger partial charge in [0.1, 0.15) is 11.9 Å². The molecular formula is C22H23NO2. The third-order valence-corrected chi connectivity index (χ3v) is 4.29. The summed E-state index contributed by atoms with van der Waals surface area (Å²) in [5.41, 5.74) is 5.04. The van der Waals surface area contributed by atoms with E-state index in [0.29, 0.717) is 6.54 Å². The quantitative estimate of drug-likeness (QED) is 0.687. The highest BCUT2D eigenvalue weighted by Crippen LogP contribution is 2.29. The minimum absolute atomic E-state index is 0.653. The predicted molar refractivity (Wildman–Crippen MR) is 102 cm³/mol. The minimum atomic E-state index is -0.653. The van der Waals surface area contributed by atoms with Gasteiger partial charge in [-0.25, -0.2) is 0 Å². The van der Waals surface area contributed by atoms with Gasteiger partial charge in [0.15, 0.2) is 0 Å². The molecule has 0 saturated carbocycles. The van der Waals surface area contributed by atoms with E-state index < -0.39 is 6.10 Å².